The average Bonchev–Trinajstić information content (AvgIpc) is 3.32. The van der Waals surface area contributed by atoms with Gasteiger partial charge < -0.3 is 19.9 Å². The third kappa shape index (κ3) is 6.87. The van der Waals surface area contributed by atoms with Gasteiger partial charge in [-0.3, -0.25) is 0 Å². The number of hydrogen-bond donors (Lipinski definition) is 2. The Morgan fingerprint density at radius 2 is 2.00 bits per heavy atom. The molecule has 4 atom stereocenters. The van der Waals surface area contributed by atoms with Crippen molar-refractivity contribution in [2.75, 3.05) is 26.3 Å². The Morgan fingerprint density at radius 3 is 2.68 bits per heavy atom. The molecule has 2 aliphatic heterocycles. The molecule has 2 aromatic rings. The zero-order valence-electron chi connectivity index (χ0n) is 21.2. The van der Waals surface area contributed by atoms with Crippen LogP contribution in [0.4, 0.5) is 9.18 Å². The molecule has 0 radical (unpaired) electrons. The van der Waals surface area contributed by atoms with Gasteiger partial charge in [0.05, 0.1) is 30.3 Å². The van der Waals surface area contributed by atoms with Crippen molar-refractivity contribution in [2.24, 2.45) is 11.8 Å². The fourth-order valence-electron chi connectivity index (χ4n) is 4.85. The highest BCUT2D eigenvalue weighted by Gasteiger charge is 2.37. The van der Waals surface area contributed by atoms with Crippen molar-refractivity contribution in [2.45, 2.75) is 56.3 Å². The molecule has 4 rings (SSSR count). The molecule has 0 bridgehead atoms. The number of carbonyl (C=O) groups is 1. The molecule has 2 aromatic carbocycles. The molecule has 2 N–H and O–H groups in total. The van der Waals surface area contributed by atoms with Gasteiger partial charge in [-0.2, -0.15) is 4.31 Å². The third-order valence-electron chi connectivity index (χ3n) is 7.12. The molecule has 0 unspecified atom stereocenters. The first-order chi connectivity index (χ1) is 17.6. The molecule has 1 amide bonds. The molecule has 0 aromatic heterocycles. The van der Waals surface area contributed by atoms with Crippen LogP contribution in [0.5, 0.6) is 0 Å². The standard InChI is InChI=1S/C27H35FN2O6S/c1-18(2)21-13-20-14-22(28)8-9-26(20)37(33,34)30(15-21)16-25(31)24(12-19-6-4-3-5-7-19)29-27(32)36-23-10-11-35-17-23/h3-9,14,18,21,23-25,31H,10-13,15-17H2,1-2H3,(H,29,32)/t21-,23-,24-,25+/m0/s1. The van der Waals surface area contributed by atoms with Gasteiger partial charge in [0.15, 0.2) is 0 Å². The van der Waals surface area contributed by atoms with E-state index < -0.39 is 34.1 Å². The minimum absolute atomic E-state index is 0.0532. The number of nitrogens with one attached hydrogen (secondary N) is 1. The van der Waals surface area contributed by atoms with Gasteiger partial charge in [-0.25, -0.2) is 17.6 Å². The molecule has 0 saturated carbocycles. The van der Waals surface area contributed by atoms with Crippen LogP contribution in [0.2, 0.25) is 0 Å². The highest BCUT2D eigenvalue weighted by molar-refractivity contribution is 7.89. The first-order valence-electron chi connectivity index (χ1n) is 12.7. The Bertz CT molecular complexity index is 1170. The molecule has 0 aliphatic carbocycles. The van der Waals surface area contributed by atoms with Crippen LogP contribution in [-0.4, -0.2) is 68.5 Å². The maximum Gasteiger partial charge on any atom is 0.407 e. The highest BCUT2D eigenvalue weighted by atomic mass is 32.2. The fourth-order valence-corrected chi connectivity index (χ4v) is 6.58. The van der Waals surface area contributed by atoms with Crippen molar-refractivity contribution >= 4 is 16.1 Å². The topological polar surface area (TPSA) is 105 Å². The second-order valence-electron chi connectivity index (χ2n) is 10.2. The quantitative estimate of drug-likeness (QED) is 0.539. The van der Waals surface area contributed by atoms with Crippen molar-refractivity contribution in [1.29, 1.82) is 0 Å². The lowest BCUT2D eigenvalue weighted by Crippen LogP contribution is -2.51. The summed E-state index contributed by atoms with van der Waals surface area (Å²) in [5.41, 5.74) is 1.31. The van der Waals surface area contributed by atoms with Gasteiger partial charge >= 0.3 is 6.09 Å². The Morgan fingerprint density at radius 1 is 1.24 bits per heavy atom. The number of sulfonamides is 1. The van der Waals surface area contributed by atoms with E-state index in [2.05, 4.69) is 5.32 Å². The number of rotatable bonds is 8. The summed E-state index contributed by atoms with van der Waals surface area (Å²) in [5, 5.41) is 14.1. The largest absolute Gasteiger partial charge is 0.444 e. The van der Waals surface area contributed by atoms with Crippen LogP contribution in [0.25, 0.3) is 0 Å². The van der Waals surface area contributed by atoms with Gasteiger partial charge in [-0.15, -0.1) is 0 Å². The molecule has 1 saturated heterocycles. The number of carbonyl (C=O) groups excluding carboxylic acids is 1. The summed E-state index contributed by atoms with van der Waals surface area (Å²) in [6.07, 6.45) is -0.974. The third-order valence-corrected chi connectivity index (χ3v) is 9.05. The smallest absolute Gasteiger partial charge is 0.407 e. The summed E-state index contributed by atoms with van der Waals surface area (Å²) in [6.45, 7) is 4.78. The molecular formula is C27H35FN2O6S. The van der Waals surface area contributed by atoms with E-state index in [9.17, 15) is 22.7 Å². The van der Waals surface area contributed by atoms with Gasteiger partial charge in [0.2, 0.25) is 10.0 Å². The molecule has 2 heterocycles. The Balaban J connectivity index is 1.57. The lowest BCUT2D eigenvalue weighted by Gasteiger charge is -2.31. The van der Waals surface area contributed by atoms with E-state index in [1.165, 1.54) is 16.4 Å². The summed E-state index contributed by atoms with van der Waals surface area (Å²) in [7, 11) is -4.00. The summed E-state index contributed by atoms with van der Waals surface area (Å²) >= 11 is 0. The van der Waals surface area contributed by atoms with E-state index >= 15 is 0 Å². The molecular weight excluding hydrogens is 499 g/mol. The lowest BCUT2D eigenvalue weighted by molar-refractivity contribution is 0.0638. The van der Waals surface area contributed by atoms with Crippen molar-refractivity contribution < 1.29 is 32.2 Å². The average molecular weight is 535 g/mol. The summed E-state index contributed by atoms with van der Waals surface area (Å²) in [4.78, 5) is 12.7. The number of halogens is 1. The van der Waals surface area contributed by atoms with Crippen molar-refractivity contribution in [1.82, 2.24) is 9.62 Å². The molecule has 8 nitrogen and oxygen atoms in total. The van der Waals surface area contributed by atoms with Crippen LogP contribution in [0.1, 0.15) is 31.4 Å². The second kappa shape index (κ2) is 11.9. The molecule has 0 spiro atoms. The number of benzene rings is 2. The highest BCUT2D eigenvalue weighted by Crippen LogP contribution is 2.32. The monoisotopic (exact) mass is 534 g/mol. The van der Waals surface area contributed by atoms with Gasteiger partial charge in [0, 0.05) is 19.5 Å². The minimum Gasteiger partial charge on any atom is -0.444 e. The van der Waals surface area contributed by atoms with Crippen LogP contribution in [0, 0.1) is 17.7 Å². The minimum atomic E-state index is -4.00. The van der Waals surface area contributed by atoms with Crippen LogP contribution in [0.15, 0.2) is 53.4 Å². The van der Waals surface area contributed by atoms with Gasteiger partial charge in [0.25, 0.3) is 0 Å². The second-order valence-corrected chi connectivity index (χ2v) is 12.1. The molecule has 2 aliphatic rings. The number of hydrogen-bond acceptors (Lipinski definition) is 6. The number of amides is 1. The lowest BCUT2D eigenvalue weighted by atomic mass is 9.89. The Kier molecular flexibility index (Phi) is 8.84. The number of fused-ring (bicyclic) bond motifs is 1. The SMILES string of the molecule is CC(C)[C@H]1Cc2cc(F)ccc2S(=O)(=O)N(C[C@@H](O)[C@H](Cc2ccccc2)NC(=O)O[C@H]2CCOC2)C1. The number of nitrogens with zero attached hydrogens (tertiary/aromatic N) is 1. The summed E-state index contributed by atoms with van der Waals surface area (Å²) in [5.74, 6) is -0.424. The summed E-state index contributed by atoms with van der Waals surface area (Å²) in [6, 6.07) is 12.2. The Labute approximate surface area is 217 Å². The van der Waals surface area contributed by atoms with Crippen LogP contribution < -0.4 is 5.32 Å². The number of β-amino-alcohol motifs (C(OH)–C–C–N with tert-alkyl or cyclic N) is 1. The molecule has 202 valence electrons. The number of alkyl carbamates (subject to hydrolysis) is 1. The van der Waals surface area contributed by atoms with E-state index in [0.717, 1.165) is 11.6 Å². The predicted octanol–water partition coefficient (Wildman–Crippen LogP) is 3.13. The molecule has 10 heteroatoms. The van der Waals surface area contributed by atoms with E-state index in [1.54, 1.807) is 0 Å². The zero-order chi connectivity index (χ0) is 26.6. The van der Waals surface area contributed by atoms with E-state index in [-0.39, 0.29) is 42.3 Å². The maximum atomic E-state index is 14.0. The maximum absolute atomic E-state index is 14.0. The van der Waals surface area contributed by atoms with E-state index in [1.807, 2.05) is 44.2 Å². The van der Waals surface area contributed by atoms with E-state index in [0.29, 0.717) is 31.6 Å². The first-order valence-corrected chi connectivity index (χ1v) is 14.1. The molecule has 37 heavy (non-hydrogen) atoms. The fraction of sp³-hybridized carbons (Fsp3) is 0.519. The van der Waals surface area contributed by atoms with Crippen LogP contribution >= 0.6 is 0 Å². The van der Waals surface area contributed by atoms with Gasteiger partial charge in [-0.05, 0) is 54.0 Å². The van der Waals surface area contributed by atoms with Gasteiger partial charge in [-0.1, -0.05) is 44.2 Å². The number of aliphatic hydroxyl groups excluding tert-OH is 1. The van der Waals surface area contributed by atoms with Gasteiger partial charge in [0.1, 0.15) is 11.9 Å². The van der Waals surface area contributed by atoms with E-state index in [4.69, 9.17) is 9.47 Å². The normalized spacial score (nSPS) is 23.2. The molecule has 1 fully saturated rings. The Hall–Kier alpha value is -2.53. The first kappa shape index (κ1) is 27.5. The van der Waals surface area contributed by atoms with Crippen LogP contribution in [-0.2, 0) is 32.3 Å². The summed E-state index contributed by atoms with van der Waals surface area (Å²) < 4.78 is 53.2. The van der Waals surface area contributed by atoms with Crippen LogP contribution in [0.3, 0.4) is 0 Å². The number of aliphatic hydroxyl groups is 1. The van der Waals surface area contributed by atoms with Crippen molar-refractivity contribution in [3.05, 3.63) is 65.5 Å². The predicted molar refractivity (Wildman–Crippen MR) is 136 cm³/mol. The van der Waals surface area contributed by atoms with Crippen molar-refractivity contribution in [3.63, 3.8) is 0 Å². The number of ether oxygens (including phenoxy) is 2. The van der Waals surface area contributed by atoms with Crippen molar-refractivity contribution in [3.8, 4) is 0 Å². The zero-order valence-corrected chi connectivity index (χ0v) is 22.0.